The molecule has 2 aromatic rings. The number of hydrogen-bond acceptors (Lipinski definition) is 8. The summed E-state index contributed by atoms with van der Waals surface area (Å²) >= 11 is 6.02. The van der Waals surface area contributed by atoms with Gasteiger partial charge in [-0.3, -0.25) is 4.79 Å². The van der Waals surface area contributed by atoms with E-state index in [1.54, 1.807) is 24.5 Å². The Labute approximate surface area is 228 Å². The van der Waals surface area contributed by atoms with Crippen LogP contribution in [-0.4, -0.2) is 60.7 Å². The van der Waals surface area contributed by atoms with E-state index in [-0.39, 0.29) is 11.0 Å². The summed E-state index contributed by atoms with van der Waals surface area (Å²) in [6, 6.07) is 3.03. The zero-order valence-electron chi connectivity index (χ0n) is 22.4. The molecule has 4 rings (SSSR count). The third-order valence-electron chi connectivity index (χ3n) is 7.13. The zero-order chi connectivity index (χ0) is 27.6. The standard InChI is InChI=1S/C28H35ClFN3O5/c1-6-7-19-12-22(29)23(30)13-20(19)14-28(24(34)35-5)8-10-33(11-9-28)25-31-15-21(16-32-25)36-17-27(4)18-37-26(2,3)38-27/h6,12-13,15-16H,1,7-11,14,17-18H2,2-5H3/t27-/m0/s1. The van der Waals surface area contributed by atoms with E-state index in [9.17, 15) is 9.18 Å². The van der Waals surface area contributed by atoms with Crippen molar-refractivity contribution in [2.24, 2.45) is 5.41 Å². The highest BCUT2D eigenvalue weighted by molar-refractivity contribution is 6.30. The lowest BCUT2D eigenvalue weighted by atomic mass is 9.73. The van der Waals surface area contributed by atoms with Crippen molar-refractivity contribution >= 4 is 23.5 Å². The predicted molar refractivity (Wildman–Crippen MR) is 142 cm³/mol. The number of nitrogens with zero attached hydrogens (tertiary/aromatic N) is 3. The second-order valence-electron chi connectivity index (χ2n) is 10.7. The average Bonchev–Trinajstić information content (AvgIpc) is 3.19. The number of piperidine rings is 1. The van der Waals surface area contributed by atoms with Crippen LogP contribution in [0.25, 0.3) is 0 Å². The number of ether oxygens (including phenoxy) is 4. The van der Waals surface area contributed by atoms with Crippen LogP contribution in [0.5, 0.6) is 5.75 Å². The molecule has 0 saturated carbocycles. The van der Waals surface area contributed by atoms with E-state index in [1.807, 2.05) is 25.7 Å². The van der Waals surface area contributed by atoms with Crippen molar-refractivity contribution in [1.29, 1.82) is 0 Å². The Morgan fingerprint density at radius 2 is 1.89 bits per heavy atom. The van der Waals surface area contributed by atoms with Gasteiger partial charge in [0, 0.05) is 13.1 Å². The summed E-state index contributed by atoms with van der Waals surface area (Å²) in [7, 11) is 1.38. The number of benzene rings is 1. The zero-order valence-corrected chi connectivity index (χ0v) is 23.1. The lowest BCUT2D eigenvalue weighted by Gasteiger charge is -2.40. The van der Waals surface area contributed by atoms with E-state index in [0.29, 0.717) is 63.7 Å². The molecule has 8 nitrogen and oxygen atoms in total. The van der Waals surface area contributed by atoms with Gasteiger partial charge in [0.25, 0.3) is 0 Å². The molecule has 0 N–H and O–H groups in total. The number of hydrogen-bond donors (Lipinski definition) is 0. The van der Waals surface area contributed by atoms with Crippen LogP contribution in [0, 0.1) is 11.2 Å². The van der Waals surface area contributed by atoms with Gasteiger partial charge in [0.2, 0.25) is 5.95 Å². The molecule has 10 heteroatoms. The van der Waals surface area contributed by atoms with Crippen molar-refractivity contribution in [2.45, 2.75) is 57.8 Å². The van der Waals surface area contributed by atoms with E-state index < -0.39 is 22.6 Å². The molecule has 0 amide bonds. The Kier molecular flexibility index (Phi) is 8.30. The van der Waals surface area contributed by atoms with Crippen LogP contribution in [0.4, 0.5) is 10.3 Å². The molecular formula is C28H35ClFN3O5. The summed E-state index contributed by atoms with van der Waals surface area (Å²) in [4.78, 5) is 24.0. The van der Waals surface area contributed by atoms with Gasteiger partial charge in [-0.15, -0.1) is 6.58 Å². The van der Waals surface area contributed by atoms with Crippen molar-refractivity contribution in [3.05, 3.63) is 59.1 Å². The first-order valence-electron chi connectivity index (χ1n) is 12.7. The van der Waals surface area contributed by atoms with Crippen molar-refractivity contribution in [3.8, 4) is 5.75 Å². The monoisotopic (exact) mass is 547 g/mol. The third kappa shape index (κ3) is 6.27. The Morgan fingerprint density at radius 1 is 1.21 bits per heavy atom. The van der Waals surface area contributed by atoms with Gasteiger partial charge in [0.15, 0.2) is 11.5 Å². The molecule has 1 aromatic heterocycles. The van der Waals surface area contributed by atoms with Gasteiger partial charge in [-0.05, 0) is 69.7 Å². The number of carbonyl (C=O) groups excluding carboxylic acids is 1. The molecule has 38 heavy (non-hydrogen) atoms. The second-order valence-corrected chi connectivity index (χ2v) is 11.1. The molecule has 0 unspecified atom stereocenters. The van der Waals surface area contributed by atoms with Crippen LogP contribution in [0.2, 0.25) is 5.02 Å². The van der Waals surface area contributed by atoms with Crippen LogP contribution < -0.4 is 9.64 Å². The van der Waals surface area contributed by atoms with Gasteiger partial charge in [0.1, 0.15) is 18.0 Å². The number of rotatable bonds is 9. The maximum Gasteiger partial charge on any atom is 0.312 e. The normalized spacial score (nSPS) is 22.2. The van der Waals surface area contributed by atoms with Gasteiger partial charge in [-0.25, -0.2) is 14.4 Å². The largest absolute Gasteiger partial charge is 0.487 e. The highest BCUT2D eigenvalue weighted by Crippen LogP contribution is 2.39. The molecule has 1 atom stereocenters. The van der Waals surface area contributed by atoms with Crippen LogP contribution in [0.1, 0.15) is 44.7 Å². The molecule has 0 radical (unpaired) electrons. The number of aromatic nitrogens is 2. The molecule has 1 aromatic carbocycles. The van der Waals surface area contributed by atoms with Crippen molar-refractivity contribution in [2.75, 3.05) is 38.3 Å². The van der Waals surface area contributed by atoms with Crippen molar-refractivity contribution < 1.29 is 28.1 Å². The van der Waals surface area contributed by atoms with Gasteiger partial charge in [-0.2, -0.15) is 0 Å². The maximum atomic E-state index is 14.4. The third-order valence-corrected chi connectivity index (χ3v) is 7.42. The fourth-order valence-corrected chi connectivity index (χ4v) is 5.33. The quantitative estimate of drug-likeness (QED) is 0.323. The first-order chi connectivity index (χ1) is 18.0. The Bertz CT molecular complexity index is 1170. The molecule has 206 valence electrons. The second kappa shape index (κ2) is 11.2. The van der Waals surface area contributed by atoms with Crippen LogP contribution in [0.15, 0.2) is 37.2 Å². The lowest BCUT2D eigenvalue weighted by Crippen LogP contribution is -2.46. The minimum atomic E-state index is -0.795. The van der Waals surface area contributed by atoms with E-state index in [2.05, 4.69) is 16.5 Å². The van der Waals surface area contributed by atoms with Gasteiger partial charge >= 0.3 is 5.97 Å². The number of methoxy groups -OCH3 is 1. The Balaban J connectivity index is 1.42. The minimum absolute atomic E-state index is 0.0548. The van der Waals surface area contributed by atoms with Crippen LogP contribution >= 0.6 is 11.6 Å². The molecule has 2 aliphatic heterocycles. The van der Waals surface area contributed by atoms with E-state index in [1.165, 1.54) is 13.2 Å². The van der Waals surface area contributed by atoms with Crippen molar-refractivity contribution in [3.63, 3.8) is 0 Å². The summed E-state index contributed by atoms with van der Waals surface area (Å²) in [5.74, 6) is -0.373. The number of esters is 1. The van der Waals surface area contributed by atoms with E-state index in [4.69, 9.17) is 30.5 Å². The van der Waals surface area contributed by atoms with Crippen molar-refractivity contribution in [1.82, 2.24) is 9.97 Å². The fourth-order valence-electron chi connectivity index (χ4n) is 5.14. The molecule has 2 saturated heterocycles. The molecular weight excluding hydrogens is 513 g/mol. The molecule has 3 heterocycles. The number of carbonyl (C=O) groups is 1. The Hall–Kier alpha value is -2.75. The number of halogens is 2. The summed E-state index contributed by atoms with van der Waals surface area (Å²) in [6.45, 7) is 11.3. The first-order valence-corrected chi connectivity index (χ1v) is 13.1. The number of anilines is 1. The molecule has 0 spiro atoms. The highest BCUT2D eigenvalue weighted by Gasteiger charge is 2.44. The van der Waals surface area contributed by atoms with Crippen LogP contribution in [-0.2, 0) is 31.8 Å². The van der Waals surface area contributed by atoms with Gasteiger partial charge in [0.05, 0.1) is 36.5 Å². The van der Waals surface area contributed by atoms with E-state index in [0.717, 1.165) is 11.1 Å². The average molecular weight is 548 g/mol. The molecule has 0 aliphatic carbocycles. The topological polar surface area (TPSA) is 83.0 Å². The molecule has 2 aliphatic rings. The summed E-state index contributed by atoms with van der Waals surface area (Å²) in [6.07, 6.45) is 6.88. The van der Waals surface area contributed by atoms with Gasteiger partial charge < -0.3 is 23.8 Å². The maximum absolute atomic E-state index is 14.4. The molecule has 2 fully saturated rings. The van der Waals surface area contributed by atoms with Gasteiger partial charge in [-0.1, -0.05) is 17.7 Å². The fraction of sp³-hybridized carbons (Fsp3) is 0.536. The summed E-state index contributed by atoms with van der Waals surface area (Å²) < 4.78 is 37.0. The van der Waals surface area contributed by atoms with Crippen LogP contribution in [0.3, 0.4) is 0 Å². The summed E-state index contributed by atoms with van der Waals surface area (Å²) in [5, 5.41) is 0.0548. The lowest BCUT2D eigenvalue weighted by molar-refractivity contribution is -0.162. The highest BCUT2D eigenvalue weighted by atomic mass is 35.5. The molecule has 0 bridgehead atoms. The number of allylic oxidation sites excluding steroid dienone is 1. The Morgan fingerprint density at radius 3 is 2.47 bits per heavy atom. The van der Waals surface area contributed by atoms with E-state index >= 15 is 0 Å². The smallest absolute Gasteiger partial charge is 0.312 e. The summed E-state index contributed by atoms with van der Waals surface area (Å²) in [5.41, 5.74) is 0.238. The first kappa shape index (κ1) is 28.3. The SMILES string of the molecule is C=CCc1cc(Cl)c(F)cc1CC1(C(=O)OC)CCN(c2ncc(OC[C@@]3(C)COC(C)(C)O3)cn2)CC1. The minimum Gasteiger partial charge on any atom is -0.487 e. The predicted octanol–water partition coefficient (Wildman–Crippen LogP) is 4.92.